The number of unbranched alkanes of at least 4 members (excludes halogenated alkanes) is 1. The van der Waals surface area contributed by atoms with Crippen molar-refractivity contribution in [3.05, 3.63) is 41.3 Å². The Labute approximate surface area is 201 Å². The molecule has 7 heteroatoms. The topological polar surface area (TPSA) is 53.1 Å². The van der Waals surface area contributed by atoms with E-state index in [1.807, 2.05) is 35.0 Å². The highest BCUT2D eigenvalue weighted by atomic mass is 32.1. The zero-order valence-electron chi connectivity index (χ0n) is 19.8. The second kappa shape index (κ2) is 11.2. The molecular formula is C26H35N3O3S. The van der Waals surface area contributed by atoms with Gasteiger partial charge >= 0.3 is 0 Å². The van der Waals surface area contributed by atoms with Crippen LogP contribution in [-0.2, 0) is 9.53 Å². The molecule has 1 aromatic carbocycles. The van der Waals surface area contributed by atoms with Gasteiger partial charge in [0.1, 0.15) is 0 Å². The molecule has 0 N–H and O–H groups in total. The minimum atomic E-state index is 0.0306. The summed E-state index contributed by atoms with van der Waals surface area (Å²) in [5.74, 6) is 0.345. The molecule has 3 heterocycles. The van der Waals surface area contributed by atoms with Crippen molar-refractivity contribution >= 4 is 28.2 Å². The van der Waals surface area contributed by atoms with Crippen molar-refractivity contribution in [2.45, 2.75) is 32.6 Å². The van der Waals surface area contributed by atoms with Crippen molar-refractivity contribution < 1.29 is 14.3 Å². The van der Waals surface area contributed by atoms with Crippen LogP contribution in [0.1, 0.15) is 42.3 Å². The molecule has 0 bridgehead atoms. The lowest BCUT2D eigenvalue weighted by atomic mass is 9.95. The molecule has 0 saturated carbocycles. The van der Waals surface area contributed by atoms with Crippen molar-refractivity contribution in [1.82, 2.24) is 9.80 Å². The minimum absolute atomic E-state index is 0.0306. The number of carbonyl (C=O) groups is 2. The molecule has 2 amide bonds. The maximum absolute atomic E-state index is 13.4. The van der Waals surface area contributed by atoms with Crippen molar-refractivity contribution in [2.24, 2.45) is 5.92 Å². The number of ether oxygens (including phenoxy) is 1. The van der Waals surface area contributed by atoms with Gasteiger partial charge in [-0.25, -0.2) is 0 Å². The number of amides is 2. The number of carbonyl (C=O) groups excluding carboxylic acids is 2. The van der Waals surface area contributed by atoms with Gasteiger partial charge in [-0.2, -0.15) is 0 Å². The summed E-state index contributed by atoms with van der Waals surface area (Å²) < 4.78 is 5.54. The average Bonchev–Trinajstić information content (AvgIpc) is 3.33. The summed E-state index contributed by atoms with van der Waals surface area (Å²) in [6.07, 6.45) is 3.61. The third kappa shape index (κ3) is 5.58. The van der Waals surface area contributed by atoms with Crippen molar-refractivity contribution in [2.75, 3.05) is 57.9 Å². The van der Waals surface area contributed by atoms with Crippen LogP contribution in [0, 0.1) is 5.92 Å². The van der Waals surface area contributed by atoms with E-state index in [2.05, 4.69) is 30.0 Å². The number of nitrogens with zero attached hydrogens (tertiary/aromatic N) is 3. The second-order valence-corrected chi connectivity index (χ2v) is 10.0. The number of piperidine rings is 1. The van der Waals surface area contributed by atoms with Crippen molar-refractivity contribution in [1.29, 1.82) is 0 Å². The molecular weight excluding hydrogens is 434 g/mol. The van der Waals surface area contributed by atoms with Gasteiger partial charge in [-0.15, -0.1) is 11.3 Å². The van der Waals surface area contributed by atoms with E-state index >= 15 is 0 Å². The number of benzene rings is 1. The largest absolute Gasteiger partial charge is 0.378 e. The van der Waals surface area contributed by atoms with Crippen LogP contribution in [0.3, 0.4) is 0 Å². The fraction of sp³-hybridized carbons (Fsp3) is 0.538. The van der Waals surface area contributed by atoms with E-state index in [-0.39, 0.29) is 17.7 Å². The molecule has 2 fully saturated rings. The first-order valence-electron chi connectivity index (χ1n) is 12.1. The Balaban J connectivity index is 1.46. The minimum Gasteiger partial charge on any atom is -0.378 e. The standard InChI is InChI=1S/C26H35N3O3S/c1-3-4-12-27(2)24(30)21-10-13-28(14-11-21)25(31)23-19-22(20-8-6-5-7-9-20)26(33-23)29-15-17-32-18-16-29/h5-9,19,21H,3-4,10-18H2,1-2H3. The maximum Gasteiger partial charge on any atom is 0.264 e. The van der Waals surface area contributed by atoms with Crippen molar-refractivity contribution in [3.63, 3.8) is 0 Å². The van der Waals surface area contributed by atoms with Gasteiger partial charge in [0.25, 0.3) is 5.91 Å². The molecule has 6 nitrogen and oxygen atoms in total. The molecule has 0 spiro atoms. The number of morpholine rings is 1. The van der Waals surface area contributed by atoms with E-state index in [0.717, 1.165) is 66.3 Å². The first kappa shape index (κ1) is 23.8. The van der Waals surface area contributed by atoms with Gasteiger partial charge in [0.15, 0.2) is 0 Å². The van der Waals surface area contributed by atoms with Crippen LogP contribution < -0.4 is 4.90 Å². The first-order valence-corrected chi connectivity index (χ1v) is 13.0. The van der Waals surface area contributed by atoms with Crippen LogP contribution in [-0.4, -0.2) is 74.6 Å². The fourth-order valence-corrected chi connectivity index (χ4v) is 5.82. The van der Waals surface area contributed by atoms with Gasteiger partial charge in [0.05, 0.1) is 23.1 Å². The number of thiophene rings is 1. The molecule has 2 saturated heterocycles. The summed E-state index contributed by atoms with van der Waals surface area (Å²) >= 11 is 1.59. The predicted octanol–water partition coefficient (Wildman–Crippen LogP) is 4.36. The van der Waals surface area contributed by atoms with Crippen LogP contribution in [0.4, 0.5) is 5.00 Å². The van der Waals surface area contributed by atoms with Crippen LogP contribution >= 0.6 is 11.3 Å². The van der Waals surface area contributed by atoms with Gasteiger partial charge < -0.3 is 19.4 Å². The number of likely N-dealkylation sites (tertiary alicyclic amines) is 1. The summed E-state index contributed by atoms with van der Waals surface area (Å²) in [6, 6.07) is 12.4. The van der Waals surface area contributed by atoms with Crippen molar-refractivity contribution in [3.8, 4) is 11.1 Å². The molecule has 0 atom stereocenters. The second-order valence-electron chi connectivity index (χ2n) is 8.97. The number of anilines is 1. The zero-order valence-corrected chi connectivity index (χ0v) is 20.6. The van der Waals surface area contributed by atoms with Gasteiger partial charge in [0, 0.05) is 51.3 Å². The zero-order chi connectivity index (χ0) is 23.2. The van der Waals surface area contributed by atoms with Gasteiger partial charge in [0.2, 0.25) is 5.91 Å². The van der Waals surface area contributed by atoms with E-state index in [1.165, 1.54) is 0 Å². The lowest BCUT2D eigenvalue weighted by molar-refractivity contribution is -0.135. The van der Waals surface area contributed by atoms with E-state index in [1.54, 1.807) is 11.3 Å². The number of rotatable bonds is 7. The average molecular weight is 470 g/mol. The summed E-state index contributed by atoms with van der Waals surface area (Å²) in [5.41, 5.74) is 2.25. The van der Waals surface area contributed by atoms with E-state index in [4.69, 9.17) is 4.74 Å². The van der Waals surface area contributed by atoms with Gasteiger partial charge in [-0.3, -0.25) is 9.59 Å². The SMILES string of the molecule is CCCCN(C)C(=O)C1CCN(C(=O)c2cc(-c3ccccc3)c(N3CCOCC3)s2)CC1. The summed E-state index contributed by atoms with van der Waals surface area (Å²) in [5, 5.41) is 1.15. The third-order valence-electron chi connectivity index (χ3n) is 6.66. The lowest BCUT2D eigenvalue weighted by Crippen LogP contribution is -2.43. The molecule has 33 heavy (non-hydrogen) atoms. The normalized spacial score (nSPS) is 17.3. The molecule has 4 rings (SSSR count). The highest BCUT2D eigenvalue weighted by Gasteiger charge is 2.31. The Hall–Kier alpha value is -2.38. The quantitative estimate of drug-likeness (QED) is 0.605. The van der Waals surface area contributed by atoms with Gasteiger partial charge in [-0.1, -0.05) is 43.7 Å². The molecule has 2 aromatic rings. The van der Waals surface area contributed by atoms with E-state index in [0.29, 0.717) is 26.3 Å². The Bertz CT molecular complexity index is 932. The van der Waals surface area contributed by atoms with Crippen LogP contribution in [0.5, 0.6) is 0 Å². The number of hydrogen-bond acceptors (Lipinski definition) is 5. The molecule has 0 unspecified atom stereocenters. The van der Waals surface area contributed by atoms with Crippen LogP contribution in [0.2, 0.25) is 0 Å². The van der Waals surface area contributed by atoms with Crippen LogP contribution in [0.25, 0.3) is 11.1 Å². The van der Waals surface area contributed by atoms with Crippen LogP contribution in [0.15, 0.2) is 36.4 Å². The molecule has 0 aliphatic carbocycles. The molecule has 178 valence electrons. The fourth-order valence-electron chi connectivity index (χ4n) is 4.62. The molecule has 1 aromatic heterocycles. The maximum atomic E-state index is 13.4. The highest BCUT2D eigenvalue weighted by molar-refractivity contribution is 7.18. The smallest absolute Gasteiger partial charge is 0.264 e. The Morgan fingerprint density at radius 2 is 1.79 bits per heavy atom. The Morgan fingerprint density at radius 3 is 2.45 bits per heavy atom. The molecule has 2 aliphatic rings. The summed E-state index contributed by atoms with van der Waals surface area (Å²) in [4.78, 5) is 33.1. The first-order chi connectivity index (χ1) is 16.1. The predicted molar refractivity (Wildman–Crippen MR) is 134 cm³/mol. The van der Waals surface area contributed by atoms with E-state index < -0.39 is 0 Å². The summed E-state index contributed by atoms with van der Waals surface area (Å²) in [7, 11) is 1.90. The van der Waals surface area contributed by atoms with E-state index in [9.17, 15) is 9.59 Å². The summed E-state index contributed by atoms with van der Waals surface area (Å²) in [6.45, 7) is 7.34. The third-order valence-corrected chi connectivity index (χ3v) is 7.84. The van der Waals surface area contributed by atoms with Gasteiger partial charge in [-0.05, 0) is 30.9 Å². The Morgan fingerprint density at radius 1 is 1.09 bits per heavy atom. The molecule has 2 aliphatic heterocycles. The monoisotopic (exact) mass is 469 g/mol. The Kier molecular flexibility index (Phi) is 8.04. The lowest BCUT2D eigenvalue weighted by Gasteiger charge is -2.33. The highest BCUT2D eigenvalue weighted by Crippen LogP contribution is 2.40. The number of hydrogen-bond donors (Lipinski definition) is 0. The molecule has 0 radical (unpaired) electrons.